The number of aromatic nitrogens is 2. The quantitative estimate of drug-likeness (QED) is 0.869. The molecule has 4 heteroatoms. The highest BCUT2D eigenvalue weighted by atomic mass is 15.2. The van der Waals surface area contributed by atoms with Crippen LogP contribution in [0, 0.1) is 0 Å². The Morgan fingerprint density at radius 1 is 1.33 bits per heavy atom. The summed E-state index contributed by atoms with van der Waals surface area (Å²) in [5.74, 6) is 1.86. The molecule has 0 amide bonds. The lowest BCUT2D eigenvalue weighted by Gasteiger charge is -2.30. The Kier molecular flexibility index (Phi) is 3.39. The van der Waals surface area contributed by atoms with Gasteiger partial charge in [0.15, 0.2) is 0 Å². The van der Waals surface area contributed by atoms with Crippen LogP contribution in [0.4, 0.5) is 0 Å². The molecule has 3 heterocycles. The Hall–Kier alpha value is -0.870. The number of piperidine rings is 1. The molecule has 1 aromatic rings. The average Bonchev–Trinajstić information content (AvgIpc) is 2.84. The number of hydrogen-bond acceptors (Lipinski definition) is 3. The largest absolute Gasteiger partial charge is 0.319 e. The molecule has 0 spiro atoms. The first-order valence-electron chi connectivity index (χ1n) is 7.33. The normalized spacial score (nSPS) is 26.2. The van der Waals surface area contributed by atoms with Crippen molar-refractivity contribution in [3.8, 4) is 0 Å². The Balaban J connectivity index is 1.74. The smallest absolute Gasteiger partial charge is 0.110 e. The molecule has 1 atom stereocenters. The molecule has 1 saturated heterocycles. The summed E-state index contributed by atoms with van der Waals surface area (Å²) >= 11 is 0. The summed E-state index contributed by atoms with van der Waals surface area (Å²) < 4.78 is 2.21. The first kappa shape index (κ1) is 12.2. The molecule has 1 aromatic heterocycles. The number of nitrogens with two attached hydrogens (primary N) is 1. The second kappa shape index (κ2) is 5.02. The molecule has 1 fully saturated rings. The third-order valence-corrected chi connectivity index (χ3v) is 4.54. The van der Waals surface area contributed by atoms with Gasteiger partial charge in [0.25, 0.3) is 0 Å². The third kappa shape index (κ3) is 2.19. The highest BCUT2D eigenvalue weighted by molar-refractivity contribution is 5.13. The van der Waals surface area contributed by atoms with Crippen LogP contribution in [0.5, 0.6) is 0 Å². The Morgan fingerprint density at radius 3 is 2.78 bits per heavy atom. The summed E-state index contributed by atoms with van der Waals surface area (Å²) in [6.45, 7) is 5.86. The van der Waals surface area contributed by atoms with E-state index in [4.69, 9.17) is 10.7 Å². The molecule has 0 saturated carbocycles. The van der Waals surface area contributed by atoms with E-state index in [2.05, 4.69) is 22.6 Å². The average molecular weight is 248 g/mol. The Morgan fingerprint density at radius 2 is 2.11 bits per heavy atom. The SMILES string of the molecule is CCN1CCC(c2cn3c(n2)CCCC3N)CC1. The topological polar surface area (TPSA) is 47.1 Å². The van der Waals surface area contributed by atoms with E-state index in [1.807, 2.05) is 0 Å². The monoisotopic (exact) mass is 248 g/mol. The standard InChI is InChI=1S/C14H24N4/c1-2-17-8-6-11(7-9-17)12-10-18-13(15)4-3-5-14(18)16-12/h10-11,13H,2-9,15H2,1H3. The van der Waals surface area contributed by atoms with E-state index in [0.29, 0.717) is 5.92 Å². The summed E-state index contributed by atoms with van der Waals surface area (Å²) in [5.41, 5.74) is 7.44. The summed E-state index contributed by atoms with van der Waals surface area (Å²) in [6, 6.07) is 0. The van der Waals surface area contributed by atoms with Gasteiger partial charge in [-0.25, -0.2) is 4.98 Å². The van der Waals surface area contributed by atoms with E-state index < -0.39 is 0 Å². The van der Waals surface area contributed by atoms with Crippen LogP contribution in [0.25, 0.3) is 0 Å². The number of nitrogens with zero attached hydrogens (tertiary/aromatic N) is 3. The zero-order valence-electron chi connectivity index (χ0n) is 11.3. The van der Waals surface area contributed by atoms with Gasteiger partial charge in [0.2, 0.25) is 0 Å². The minimum Gasteiger partial charge on any atom is -0.319 e. The molecule has 2 N–H and O–H groups in total. The van der Waals surface area contributed by atoms with Crippen molar-refractivity contribution >= 4 is 0 Å². The van der Waals surface area contributed by atoms with Crippen molar-refractivity contribution in [2.45, 2.75) is 51.1 Å². The number of hydrogen-bond donors (Lipinski definition) is 1. The molecular weight excluding hydrogens is 224 g/mol. The molecule has 18 heavy (non-hydrogen) atoms. The van der Waals surface area contributed by atoms with Crippen LogP contribution in [0.2, 0.25) is 0 Å². The summed E-state index contributed by atoms with van der Waals surface area (Å²) in [4.78, 5) is 7.37. The van der Waals surface area contributed by atoms with Crippen LogP contribution in [0.15, 0.2) is 6.20 Å². The lowest BCUT2D eigenvalue weighted by Crippen LogP contribution is -2.32. The second-order valence-corrected chi connectivity index (χ2v) is 5.66. The van der Waals surface area contributed by atoms with Crippen molar-refractivity contribution in [1.29, 1.82) is 0 Å². The third-order valence-electron chi connectivity index (χ3n) is 4.54. The van der Waals surface area contributed by atoms with Crippen LogP contribution in [0.1, 0.15) is 56.2 Å². The summed E-state index contributed by atoms with van der Waals surface area (Å²) in [5, 5.41) is 0. The van der Waals surface area contributed by atoms with Crippen molar-refractivity contribution in [3.63, 3.8) is 0 Å². The van der Waals surface area contributed by atoms with Crippen LogP contribution in [0.3, 0.4) is 0 Å². The van der Waals surface area contributed by atoms with Gasteiger partial charge in [0.05, 0.1) is 11.9 Å². The van der Waals surface area contributed by atoms with Gasteiger partial charge in [-0.1, -0.05) is 6.92 Å². The Bertz CT molecular complexity index is 404. The van der Waals surface area contributed by atoms with Crippen molar-refractivity contribution in [2.75, 3.05) is 19.6 Å². The lowest BCUT2D eigenvalue weighted by molar-refractivity contribution is 0.221. The molecule has 0 aromatic carbocycles. The van der Waals surface area contributed by atoms with Gasteiger partial charge in [0, 0.05) is 18.5 Å². The van der Waals surface area contributed by atoms with E-state index in [0.717, 1.165) is 12.8 Å². The maximum atomic E-state index is 6.15. The van der Waals surface area contributed by atoms with Crippen LogP contribution >= 0.6 is 0 Å². The molecule has 4 nitrogen and oxygen atoms in total. The zero-order chi connectivity index (χ0) is 12.5. The van der Waals surface area contributed by atoms with E-state index in [1.54, 1.807) is 0 Å². The highest BCUT2D eigenvalue weighted by Gasteiger charge is 2.25. The fourth-order valence-electron chi connectivity index (χ4n) is 3.27. The van der Waals surface area contributed by atoms with Gasteiger partial charge < -0.3 is 15.2 Å². The lowest BCUT2D eigenvalue weighted by atomic mass is 9.94. The van der Waals surface area contributed by atoms with Crippen LogP contribution in [-0.2, 0) is 6.42 Å². The minimum atomic E-state index is 0.158. The summed E-state index contributed by atoms with van der Waals surface area (Å²) in [7, 11) is 0. The maximum Gasteiger partial charge on any atom is 0.110 e. The minimum absolute atomic E-state index is 0.158. The van der Waals surface area contributed by atoms with Gasteiger partial charge in [0.1, 0.15) is 5.82 Å². The summed E-state index contributed by atoms with van der Waals surface area (Å²) in [6.07, 6.45) is 8.26. The van der Waals surface area contributed by atoms with Gasteiger partial charge in [-0.15, -0.1) is 0 Å². The number of imidazole rings is 1. The van der Waals surface area contributed by atoms with Crippen molar-refractivity contribution < 1.29 is 0 Å². The molecule has 0 bridgehead atoms. The zero-order valence-corrected chi connectivity index (χ0v) is 11.3. The van der Waals surface area contributed by atoms with E-state index in [9.17, 15) is 0 Å². The van der Waals surface area contributed by atoms with E-state index >= 15 is 0 Å². The van der Waals surface area contributed by atoms with Crippen LogP contribution in [-0.4, -0.2) is 34.1 Å². The van der Waals surface area contributed by atoms with Crippen molar-refractivity contribution in [1.82, 2.24) is 14.5 Å². The fraction of sp³-hybridized carbons (Fsp3) is 0.786. The van der Waals surface area contributed by atoms with Gasteiger partial charge in [-0.3, -0.25) is 0 Å². The van der Waals surface area contributed by atoms with Gasteiger partial charge >= 0.3 is 0 Å². The van der Waals surface area contributed by atoms with Gasteiger partial charge in [-0.05, 0) is 45.3 Å². The number of aryl methyl sites for hydroxylation is 1. The highest BCUT2D eigenvalue weighted by Crippen LogP contribution is 2.30. The molecular formula is C14H24N4. The predicted octanol–water partition coefficient (Wildman–Crippen LogP) is 1.88. The second-order valence-electron chi connectivity index (χ2n) is 5.66. The van der Waals surface area contributed by atoms with Crippen molar-refractivity contribution in [3.05, 3.63) is 17.7 Å². The van der Waals surface area contributed by atoms with E-state index in [1.165, 1.54) is 50.4 Å². The van der Waals surface area contributed by atoms with E-state index in [-0.39, 0.29) is 6.17 Å². The molecule has 100 valence electrons. The number of likely N-dealkylation sites (tertiary alicyclic amines) is 1. The van der Waals surface area contributed by atoms with Crippen LogP contribution < -0.4 is 5.73 Å². The first-order chi connectivity index (χ1) is 8.78. The predicted molar refractivity (Wildman–Crippen MR) is 72.5 cm³/mol. The number of rotatable bonds is 2. The van der Waals surface area contributed by atoms with Crippen molar-refractivity contribution in [2.24, 2.45) is 5.73 Å². The van der Waals surface area contributed by atoms with Gasteiger partial charge in [-0.2, -0.15) is 0 Å². The molecule has 2 aliphatic rings. The Labute approximate surface area is 109 Å². The molecule has 2 aliphatic heterocycles. The fourth-order valence-corrected chi connectivity index (χ4v) is 3.27. The molecule has 1 unspecified atom stereocenters. The molecule has 0 aliphatic carbocycles. The molecule has 3 rings (SSSR count). The number of fused-ring (bicyclic) bond motifs is 1. The maximum absolute atomic E-state index is 6.15. The molecule has 0 radical (unpaired) electrons. The first-order valence-corrected chi connectivity index (χ1v) is 7.33.